The molecule has 1 saturated carbocycles. The molecule has 4 rings (SSSR count). The Morgan fingerprint density at radius 2 is 1.58 bits per heavy atom. The van der Waals surface area contributed by atoms with Crippen molar-refractivity contribution in [1.82, 2.24) is 10.6 Å². The number of rotatable bonds is 10. The quantitative estimate of drug-likeness (QED) is 0.440. The van der Waals surface area contributed by atoms with Crippen LogP contribution in [0.5, 0.6) is 0 Å². The van der Waals surface area contributed by atoms with E-state index in [9.17, 15) is 14.7 Å². The molecule has 2 aromatic rings. The molecule has 2 aromatic carbocycles. The second-order valence-corrected chi connectivity index (χ2v) is 9.15. The summed E-state index contributed by atoms with van der Waals surface area (Å²) in [5.74, 6) is -1.07. The molecule has 1 fully saturated rings. The summed E-state index contributed by atoms with van der Waals surface area (Å²) in [5.41, 5.74) is 4.58. The maximum atomic E-state index is 12.4. The summed E-state index contributed by atoms with van der Waals surface area (Å²) in [6.45, 7) is 1.07. The van der Waals surface area contributed by atoms with E-state index in [-0.39, 0.29) is 12.5 Å². The number of aliphatic carboxylic acids is 1. The van der Waals surface area contributed by atoms with Gasteiger partial charge in [0, 0.05) is 12.0 Å². The van der Waals surface area contributed by atoms with Crippen LogP contribution >= 0.6 is 0 Å². The molecule has 6 nitrogen and oxygen atoms in total. The lowest BCUT2D eigenvalue weighted by molar-refractivity contribution is -0.139. The van der Waals surface area contributed by atoms with Gasteiger partial charge in [-0.15, -0.1) is 0 Å². The van der Waals surface area contributed by atoms with Gasteiger partial charge in [0.2, 0.25) is 0 Å². The van der Waals surface area contributed by atoms with Gasteiger partial charge in [-0.25, -0.2) is 9.59 Å². The number of hydrogen-bond acceptors (Lipinski definition) is 4. The zero-order chi connectivity index (χ0) is 23.0. The second-order valence-electron chi connectivity index (χ2n) is 9.15. The van der Waals surface area contributed by atoms with Crippen LogP contribution in [0.3, 0.4) is 0 Å². The van der Waals surface area contributed by atoms with Crippen LogP contribution in [-0.4, -0.2) is 42.4 Å². The number of fused-ring (bicyclic) bond motifs is 3. The lowest BCUT2D eigenvalue weighted by Gasteiger charge is -2.23. The molecule has 3 N–H and O–H groups in total. The Balaban J connectivity index is 1.23. The van der Waals surface area contributed by atoms with Crippen molar-refractivity contribution in [3.8, 4) is 11.1 Å². The first kappa shape index (κ1) is 23.3. The lowest BCUT2D eigenvalue weighted by Crippen LogP contribution is -2.41. The topological polar surface area (TPSA) is 87.7 Å². The number of benzene rings is 2. The highest BCUT2D eigenvalue weighted by Gasteiger charge is 2.29. The Morgan fingerprint density at radius 3 is 2.21 bits per heavy atom. The Kier molecular flexibility index (Phi) is 8.00. The summed E-state index contributed by atoms with van der Waals surface area (Å²) in [5, 5.41) is 15.7. The molecule has 0 spiro atoms. The van der Waals surface area contributed by atoms with Gasteiger partial charge in [-0.1, -0.05) is 67.8 Å². The van der Waals surface area contributed by atoms with Crippen molar-refractivity contribution >= 4 is 12.1 Å². The fraction of sp³-hybridized carbons (Fsp3) is 0.481. The number of carbonyl (C=O) groups excluding carboxylic acids is 1. The van der Waals surface area contributed by atoms with Gasteiger partial charge < -0.3 is 20.5 Å². The minimum absolute atomic E-state index is 0.0442. The summed E-state index contributed by atoms with van der Waals surface area (Å²) in [6, 6.07) is 15.9. The summed E-state index contributed by atoms with van der Waals surface area (Å²) in [6.07, 6.45) is 7.75. The van der Waals surface area contributed by atoms with Crippen LogP contribution in [0, 0.1) is 0 Å². The van der Waals surface area contributed by atoms with E-state index in [1.807, 2.05) is 24.3 Å². The number of nitrogens with one attached hydrogen (secondary N) is 2. The molecule has 0 aromatic heterocycles. The molecule has 6 heteroatoms. The van der Waals surface area contributed by atoms with Gasteiger partial charge in [0.15, 0.2) is 0 Å². The number of alkyl carbamates (subject to hydrolysis) is 1. The van der Waals surface area contributed by atoms with Gasteiger partial charge in [0.05, 0.1) is 0 Å². The Hall–Kier alpha value is -2.86. The highest BCUT2D eigenvalue weighted by molar-refractivity contribution is 5.81. The van der Waals surface area contributed by atoms with E-state index in [1.165, 1.54) is 32.1 Å². The predicted molar refractivity (Wildman–Crippen MR) is 128 cm³/mol. The average molecular weight is 451 g/mol. The highest BCUT2D eigenvalue weighted by Crippen LogP contribution is 2.44. The number of carboxylic acids is 1. The van der Waals surface area contributed by atoms with E-state index in [2.05, 4.69) is 34.9 Å². The zero-order valence-corrected chi connectivity index (χ0v) is 19.1. The Labute approximate surface area is 195 Å². The van der Waals surface area contributed by atoms with Gasteiger partial charge in [-0.05, 0) is 60.9 Å². The van der Waals surface area contributed by atoms with Gasteiger partial charge in [-0.2, -0.15) is 0 Å². The largest absolute Gasteiger partial charge is 0.480 e. The predicted octanol–water partition coefficient (Wildman–Crippen LogP) is 5.07. The van der Waals surface area contributed by atoms with Crippen LogP contribution in [0.2, 0.25) is 0 Å². The zero-order valence-electron chi connectivity index (χ0n) is 19.1. The van der Waals surface area contributed by atoms with Gasteiger partial charge in [0.1, 0.15) is 12.6 Å². The lowest BCUT2D eigenvalue weighted by atomic mass is 9.95. The first-order valence-electron chi connectivity index (χ1n) is 12.2. The number of ether oxygens (including phenoxy) is 1. The molecule has 1 amide bonds. The minimum Gasteiger partial charge on any atom is -0.480 e. The standard InChI is InChI=1S/C27H34N2O4/c30-26(31)25(16-8-9-17-28-19-10-2-1-3-11-19)29-27(32)33-18-24-22-14-6-4-12-20(22)21-13-5-7-15-23(21)24/h4-7,12-15,19,24-25,28H,1-3,8-11,16-18H2,(H,29,32)(H,30,31)/t25-/m0/s1. The molecule has 2 aliphatic rings. The van der Waals surface area contributed by atoms with Gasteiger partial charge >= 0.3 is 12.1 Å². The maximum Gasteiger partial charge on any atom is 0.407 e. The summed E-state index contributed by atoms with van der Waals surface area (Å²) >= 11 is 0. The van der Waals surface area contributed by atoms with E-state index in [1.54, 1.807) is 0 Å². The van der Waals surface area contributed by atoms with Crippen molar-refractivity contribution in [2.75, 3.05) is 13.2 Å². The van der Waals surface area contributed by atoms with E-state index >= 15 is 0 Å². The van der Waals surface area contributed by atoms with Crippen LogP contribution < -0.4 is 10.6 Å². The van der Waals surface area contributed by atoms with Crippen molar-refractivity contribution < 1.29 is 19.4 Å². The molecule has 2 aliphatic carbocycles. The summed E-state index contributed by atoms with van der Waals surface area (Å²) in [4.78, 5) is 24.1. The van der Waals surface area contributed by atoms with Gasteiger partial charge in [-0.3, -0.25) is 0 Å². The molecule has 176 valence electrons. The van der Waals surface area contributed by atoms with Crippen LogP contribution in [0.15, 0.2) is 48.5 Å². The fourth-order valence-electron chi connectivity index (χ4n) is 5.13. The van der Waals surface area contributed by atoms with Crippen LogP contribution in [0.4, 0.5) is 4.79 Å². The molecular formula is C27H34N2O4. The molecule has 33 heavy (non-hydrogen) atoms. The first-order valence-corrected chi connectivity index (χ1v) is 12.2. The number of unbranched alkanes of at least 4 members (excludes halogenated alkanes) is 1. The van der Waals surface area contributed by atoms with Crippen LogP contribution in [0.25, 0.3) is 11.1 Å². The van der Waals surface area contributed by atoms with E-state index in [4.69, 9.17) is 4.74 Å². The highest BCUT2D eigenvalue weighted by atomic mass is 16.5. The smallest absolute Gasteiger partial charge is 0.407 e. The third-order valence-corrected chi connectivity index (χ3v) is 6.89. The third kappa shape index (κ3) is 5.93. The van der Waals surface area contributed by atoms with E-state index in [0.29, 0.717) is 12.5 Å². The number of amides is 1. The summed E-state index contributed by atoms with van der Waals surface area (Å²) < 4.78 is 5.50. The maximum absolute atomic E-state index is 12.4. The molecule has 1 atom stereocenters. The monoisotopic (exact) mass is 450 g/mol. The van der Waals surface area contributed by atoms with Crippen molar-refractivity contribution in [2.24, 2.45) is 0 Å². The fourth-order valence-corrected chi connectivity index (χ4v) is 5.13. The van der Waals surface area contributed by atoms with Crippen LogP contribution in [0.1, 0.15) is 68.4 Å². The van der Waals surface area contributed by atoms with E-state index < -0.39 is 18.1 Å². The SMILES string of the molecule is O=C(N[C@@H](CCCCNC1CCCCC1)C(=O)O)OCC1c2ccccc2-c2ccccc21. The molecule has 0 bridgehead atoms. The molecular weight excluding hydrogens is 416 g/mol. The molecule has 0 aliphatic heterocycles. The molecule has 0 saturated heterocycles. The van der Waals surface area contributed by atoms with Gasteiger partial charge in [0.25, 0.3) is 0 Å². The average Bonchev–Trinajstić information content (AvgIpc) is 3.16. The molecule has 0 heterocycles. The van der Waals surface area contributed by atoms with Crippen molar-refractivity contribution in [2.45, 2.75) is 69.4 Å². The van der Waals surface area contributed by atoms with Crippen molar-refractivity contribution in [1.29, 1.82) is 0 Å². The Bertz CT molecular complexity index is 909. The number of carbonyl (C=O) groups is 2. The molecule has 0 unspecified atom stereocenters. The minimum atomic E-state index is -1.02. The van der Waals surface area contributed by atoms with Crippen molar-refractivity contribution in [3.63, 3.8) is 0 Å². The second kappa shape index (κ2) is 11.3. The normalized spacial score (nSPS) is 16.6. The number of hydrogen-bond donors (Lipinski definition) is 3. The van der Waals surface area contributed by atoms with E-state index in [0.717, 1.165) is 41.6 Å². The van der Waals surface area contributed by atoms with Crippen LogP contribution in [-0.2, 0) is 9.53 Å². The van der Waals surface area contributed by atoms with Crippen molar-refractivity contribution in [3.05, 3.63) is 59.7 Å². The third-order valence-electron chi connectivity index (χ3n) is 6.89. The number of carboxylic acid groups (broad SMARTS) is 1. The Morgan fingerprint density at radius 1 is 0.939 bits per heavy atom. The first-order chi connectivity index (χ1) is 16.1. The summed E-state index contributed by atoms with van der Waals surface area (Å²) in [7, 11) is 0. The molecule has 0 radical (unpaired) electrons.